The summed E-state index contributed by atoms with van der Waals surface area (Å²) >= 11 is 12.2. The third kappa shape index (κ3) is 5.23. The van der Waals surface area contributed by atoms with E-state index >= 15 is 0 Å². The second-order valence-electron chi connectivity index (χ2n) is 4.40. The molecule has 0 heterocycles. The number of methoxy groups -OCH3 is 1. The summed E-state index contributed by atoms with van der Waals surface area (Å²) in [6.45, 7) is 6.26. The molecule has 0 radical (unpaired) electrons. The predicted molar refractivity (Wildman–Crippen MR) is 85.6 cm³/mol. The highest BCUT2D eigenvalue weighted by atomic mass is 35.5. The largest absolute Gasteiger partial charge is 0.486 e. The third-order valence-electron chi connectivity index (χ3n) is 2.80. The van der Waals surface area contributed by atoms with Gasteiger partial charge in [0.25, 0.3) is 5.91 Å². The summed E-state index contributed by atoms with van der Waals surface area (Å²) < 4.78 is 10.4. The van der Waals surface area contributed by atoms with Crippen LogP contribution in [0.4, 0.5) is 0 Å². The zero-order chi connectivity index (χ0) is 15.8. The molecule has 1 unspecified atom stereocenters. The first-order chi connectivity index (χ1) is 10.0. The second kappa shape index (κ2) is 8.93. The molecule has 21 heavy (non-hydrogen) atoms. The quantitative estimate of drug-likeness (QED) is 0.738. The van der Waals surface area contributed by atoms with Crippen LogP contribution in [0.5, 0.6) is 5.75 Å². The zero-order valence-corrected chi connectivity index (χ0v) is 13.6. The molecule has 0 fully saturated rings. The van der Waals surface area contributed by atoms with Gasteiger partial charge in [0.2, 0.25) is 0 Å². The Bertz CT molecular complexity index is 483. The number of benzene rings is 1. The Morgan fingerprint density at radius 3 is 2.52 bits per heavy atom. The highest BCUT2D eigenvalue weighted by Gasteiger charge is 2.16. The van der Waals surface area contributed by atoms with E-state index < -0.39 is 0 Å². The van der Waals surface area contributed by atoms with E-state index in [1.807, 2.05) is 6.92 Å². The molecule has 0 saturated carbocycles. The molecule has 0 bridgehead atoms. The van der Waals surface area contributed by atoms with E-state index in [0.717, 1.165) is 6.42 Å². The van der Waals surface area contributed by atoms with Gasteiger partial charge in [-0.25, -0.2) is 0 Å². The standard InChI is InChI=1S/C15H19Cl2NO3/c1-4-6-21-14-12(16)7-10(8-13(14)17)15(19)18-11(5-2)9-20-3/h4,7-8,11H,1,5-6,9H2,2-3H3,(H,18,19). The first-order valence-electron chi connectivity index (χ1n) is 6.56. The van der Waals surface area contributed by atoms with Crippen molar-refractivity contribution < 1.29 is 14.3 Å². The molecule has 6 heteroatoms. The van der Waals surface area contributed by atoms with Crippen molar-refractivity contribution in [2.45, 2.75) is 19.4 Å². The molecule has 1 rings (SSSR count). The van der Waals surface area contributed by atoms with Crippen LogP contribution in [0.2, 0.25) is 10.0 Å². The zero-order valence-electron chi connectivity index (χ0n) is 12.1. The summed E-state index contributed by atoms with van der Waals surface area (Å²) in [5.74, 6) is 0.0942. The van der Waals surface area contributed by atoms with Crippen LogP contribution < -0.4 is 10.1 Å². The summed E-state index contributed by atoms with van der Waals surface area (Å²) in [5, 5.41) is 3.44. The fourth-order valence-corrected chi connectivity index (χ4v) is 2.30. The third-order valence-corrected chi connectivity index (χ3v) is 3.36. The first kappa shape index (κ1) is 17.8. The molecule has 1 N–H and O–H groups in total. The summed E-state index contributed by atoms with van der Waals surface area (Å²) in [7, 11) is 1.59. The average molecular weight is 332 g/mol. The van der Waals surface area contributed by atoms with Crippen LogP contribution in [0.15, 0.2) is 24.8 Å². The topological polar surface area (TPSA) is 47.6 Å². The molecule has 0 aromatic heterocycles. The molecule has 1 aromatic carbocycles. The number of amides is 1. The van der Waals surface area contributed by atoms with Gasteiger partial charge in [-0.15, -0.1) is 0 Å². The van der Waals surface area contributed by atoms with Gasteiger partial charge in [-0.05, 0) is 18.6 Å². The van der Waals surface area contributed by atoms with E-state index in [2.05, 4.69) is 11.9 Å². The number of carbonyl (C=O) groups is 1. The van der Waals surface area contributed by atoms with E-state index in [1.165, 1.54) is 12.1 Å². The Morgan fingerprint density at radius 1 is 1.43 bits per heavy atom. The second-order valence-corrected chi connectivity index (χ2v) is 5.22. The predicted octanol–water partition coefficient (Wildman–Crippen LogP) is 3.71. The van der Waals surface area contributed by atoms with Gasteiger partial charge < -0.3 is 14.8 Å². The maximum absolute atomic E-state index is 12.2. The van der Waals surface area contributed by atoms with Crippen molar-refractivity contribution in [3.63, 3.8) is 0 Å². The van der Waals surface area contributed by atoms with Crippen molar-refractivity contribution in [1.82, 2.24) is 5.32 Å². The van der Waals surface area contributed by atoms with Crippen molar-refractivity contribution in [3.8, 4) is 5.75 Å². The Labute approximate surface area is 135 Å². The molecule has 0 spiro atoms. The van der Waals surface area contributed by atoms with E-state index in [-0.39, 0.29) is 28.6 Å². The maximum atomic E-state index is 12.2. The monoisotopic (exact) mass is 331 g/mol. The maximum Gasteiger partial charge on any atom is 0.251 e. The molecule has 0 saturated heterocycles. The van der Waals surface area contributed by atoms with Crippen LogP contribution in [0.25, 0.3) is 0 Å². The summed E-state index contributed by atoms with van der Waals surface area (Å²) in [6.07, 6.45) is 2.35. The number of halogens is 2. The Morgan fingerprint density at radius 2 is 2.05 bits per heavy atom. The number of hydrogen-bond donors (Lipinski definition) is 1. The fraction of sp³-hybridized carbons (Fsp3) is 0.400. The fourth-order valence-electron chi connectivity index (χ4n) is 1.70. The lowest BCUT2D eigenvalue weighted by molar-refractivity contribution is 0.0894. The lowest BCUT2D eigenvalue weighted by atomic mass is 10.1. The molecule has 1 amide bonds. The molecule has 0 aliphatic heterocycles. The van der Waals surface area contributed by atoms with Gasteiger partial charge in [0.05, 0.1) is 22.7 Å². The number of ether oxygens (including phenoxy) is 2. The smallest absolute Gasteiger partial charge is 0.251 e. The number of carbonyl (C=O) groups excluding carboxylic acids is 1. The van der Waals surface area contributed by atoms with Crippen molar-refractivity contribution in [2.75, 3.05) is 20.3 Å². The number of rotatable bonds is 8. The summed E-state index contributed by atoms with van der Waals surface area (Å²) in [6, 6.07) is 3.00. The van der Waals surface area contributed by atoms with Crippen molar-refractivity contribution >= 4 is 29.1 Å². The van der Waals surface area contributed by atoms with Crippen LogP contribution in [-0.4, -0.2) is 32.3 Å². The van der Waals surface area contributed by atoms with Crippen LogP contribution in [0, 0.1) is 0 Å². The molecular formula is C15H19Cl2NO3. The summed E-state index contributed by atoms with van der Waals surface area (Å²) in [5.41, 5.74) is 0.380. The average Bonchev–Trinajstić information content (AvgIpc) is 2.45. The van der Waals surface area contributed by atoms with Crippen LogP contribution in [0.3, 0.4) is 0 Å². The highest BCUT2D eigenvalue weighted by Crippen LogP contribution is 2.34. The Balaban J connectivity index is 2.88. The first-order valence-corrected chi connectivity index (χ1v) is 7.31. The van der Waals surface area contributed by atoms with Gasteiger partial charge in [0, 0.05) is 12.7 Å². The minimum Gasteiger partial charge on any atom is -0.486 e. The van der Waals surface area contributed by atoms with Gasteiger partial charge in [0.1, 0.15) is 6.61 Å². The summed E-state index contributed by atoms with van der Waals surface area (Å²) in [4.78, 5) is 12.2. The molecule has 1 aromatic rings. The molecule has 0 aliphatic carbocycles. The molecular weight excluding hydrogens is 313 g/mol. The van der Waals surface area contributed by atoms with Crippen LogP contribution >= 0.6 is 23.2 Å². The van der Waals surface area contributed by atoms with E-state index in [0.29, 0.717) is 17.9 Å². The minimum absolute atomic E-state index is 0.0586. The number of nitrogens with one attached hydrogen (secondary N) is 1. The van der Waals surface area contributed by atoms with E-state index in [1.54, 1.807) is 13.2 Å². The van der Waals surface area contributed by atoms with E-state index in [4.69, 9.17) is 32.7 Å². The van der Waals surface area contributed by atoms with Gasteiger partial charge in [-0.3, -0.25) is 4.79 Å². The normalized spacial score (nSPS) is 11.8. The lowest BCUT2D eigenvalue weighted by Gasteiger charge is -2.16. The highest BCUT2D eigenvalue weighted by molar-refractivity contribution is 6.37. The van der Waals surface area contributed by atoms with Gasteiger partial charge in [-0.2, -0.15) is 0 Å². The lowest BCUT2D eigenvalue weighted by Crippen LogP contribution is -2.37. The van der Waals surface area contributed by atoms with Crippen LogP contribution in [-0.2, 0) is 4.74 Å². The van der Waals surface area contributed by atoms with Gasteiger partial charge >= 0.3 is 0 Å². The van der Waals surface area contributed by atoms with Crippen molar-refractivity contribution in [3.05, 3.63) is 40.4 Å². The Hall–Kier alpha value is -1.23. The SMILES string of the molecule is C=CCOc1c(Cl)cc(C(=O)NC(CC)COC)cc1Cl. The van der Waals surface area contributed by atoms with E-state index in [9.17, 15) is 4.79 Å². The molecule has 0 aliphatic rings. The molecule has 116 valence electrons. The number of hydrogen-bond acceptors (Lipinski definition) is 3. The van der Waals surface area contributed by atoms with Crippen molar-refractivity contribution in [2.24, 2.45) is 0 Å². The van der Waals surface area contributed by atoms with Gasteiger partial charge in [0.15, 0.2) is 5.75 Å². The van der Waals surface area contributed by atoms with Crippen LogP contribution in [0.1, 0.15) is 23.7 Å². The molecule has 4 nitrogen and oxygen atoms in total. The molecule has 1 atom stereocenters. The minimum atomic E-state index is -0.252. The Kier molecular flexibility index (Phi) is 7.57. The van der Waals surface area contributed by atoms with Gasteiger partial charge in [-0.1, -0.05) is 42.8 Å². The van der Waals surface area contributed by atoms with Crippen molar-refractivity contribution in [1.29, 1.82) is 0 Å².